The summed E-state index contributed by atoms with van der Waals surface area (Å²) in [5.41, 5.74) is 1.76. The average molecular weight is 337 g/mol. The number of fused-ring (bicyclic) bond motifs is 2. The number of benzene rings is 2. The Labute approximate surface area is 143 Å². The lowest BCUT2D eigenvalue weighted by Gasteiger charge is -2.08. The van der Waals surface area contributed by atoms with Crippen LogP contribution in [0.5, 0.6) is 0 Å². The van der Waals surface area contributed by atoms with Gasteiger partial charge in [-0.15, -0.1) is 0 Å². The third-order valence-electron chi connectivity index (χ3n) is 4.44. The molecule has 2 aromatic carbocycles. The van der Waals surface area contributed by atoms with Crippen LogP contribution in [-0.4, -0.2) is 15.5 Å². The molecule has 1 amide bonds. The van der Waals surface area contributed by atoms with E-state index in [0.717, 1.165) is 24.2 Å². The van der Waals surface area contributed by atoms with Crippen LogP contribution in [0.1, 0.15) is 28.2 Å². The molecule has 6 heteroatoms. The van der Waals surface area contributed by atoms with Crippen LogP contribution in [0, 0.1) is 5.82 Å². The molecule has 1 aliphatic heterocycles. The first kappa shape index (κ1) is 15.5. The van der Waals surface area contributed by atoms with Gasteiger partial charge < -0.3 is 5.32 Å². The van der Waals surface area contributed by atoms with Gasteiger partial charge in [-0.3, -0.25) is 14.2 Å². The van der Waals surface area contributed by atoms with Crippen LogP contribution in [0.2, 0.25) is 0 Å². The summed E-state index contributed by atoms with van der Waals surface area (Å²) >= 11 is 0. The maximum Gasteiger partial charge on any atom is 0.261 e. The molecule has 0 fully saturated rings. The lowest BCUT2D eigenvalue weighted by atomic mass is 10.1. The molecule has 0 saturated heterocycles. The van der Waals surface area contributed by atoms with Crippen LogP contribution in [0.4, 0.5) is 4.39 Å². The quantitative estimate of drug-likeness (QED) is 0.798. The first-order valence-electron chi connectivity index (χ1n) is 8.18. The minimum absolute atomic E-state index is 0.0456. The second kappa shape index (κ2) is 6.12. The van der Waals surface area contributed by atoms with Gasteiger partial charge in [-0.2, -0.15) is 0 Å². The molecule has 1 aromatic heterocycles. The molecule has 5 nitrogen and oxygen atoms in total. The van der Waals surface area contributed by atoms with Gasteiger partial charge in [0.15, 0.2) is 0 Å². The van der Waals surface area contributed by atoms with E-state index in [-0.39, 0.29) is 17.3 Å². The molecule has 0 atom stereocenters. The molecular weight excluding hydrogens is 321 g/mol. The van der Waals surface area contributed by atoms with Crippen LogP contribution in [0.3, 0.4) is 0 Å². The second-order valence-corrected chi connectivity index (χ2v) is 6.13. The van der Waals surface area contributed by atoms with Gasteiger partial charge in [0, 0.05) is 25.1 Å². The summed E-state index contributed by atoms with van der Waals surface area (Å²) in [6.07, 6.45) is 1.70. The molecule has 3 aromatic rings. The molecule has 0 unspecified atom stereocenters. The Hall–Kier alpha value is -3.02. The number of aromatic nitrogens is 2. The Kier molecular flexibility index (Phi) is 3.80. The number of aryl methyl sites for hydroxylation is 1. The standard InChI is InChI=1S/C19H16FN3O2/c20-14-6-3-12(4-7-14)11-21-18(24)13-5-8-15-16(10-13)22-17-2-1-9-23(17)19(15)25/h3-8,10H,1-2,9,11H2,(H,21,24). The zero-order valence-corrected chi connectivity index (χ0v) is 13.5. The summed E-state index contributed by atoms with van der Waals surface area (Å²) in [7, 11) is 0. The van der Waals surface area contributed by atoms with Crippen LogP contribution in [0.15, 0.2) is 47.3 Å². The summed E-state index contributed by atoms with van der Waals surface area (Å²) in [6, 6.07) is 10.9. The van der Waals surface area contributed by atoms with Crippen molar-refractivity contribution in [3.63, 3.8) is 0 Å². The molecule has 0 spiro atoms. The summed E-state index contributed by atoms with van der Waals surface area (Å²) in [6.45, 7) is 1.01. The fraction of sp³-hybridized carbons (Fsp3) is 0.211. The second-order valence-electron chi connectivity index (χ2n) is 6.13. The zero-order chi connectivity index (χ0) is 17.4. The zero-order valence-electron chi connectivity index (χ0n) is 13.5. The number of rotatable bonds is 3. The lowest BCUT2D eigenvalue weighted by molar-refractivity contribution is 0.0951. The molecule has 0 radical (unpaired) electrons. The van der Waals surface area contributed by atoms with Gasteiger partial charge in [-0.05, 0) is 42.3 Å². The van der Waals surface area contributed by atoms with Crippen molar-refractivity contribution < 1.29 is 9.18 Å². The van der Waals surface area contributed by atoms with E-state index in [1.165, 1.54) is 12.1 Å². The van der Waals surface area contributed by atoms with Gasteiger partial charge in [0.2, 0.25) is 0 Å². The van der Waals surface area contributed by atoms with Crippen molar-refractivity contribution in [3.05, 3.63) is 75.6 Å². The Balaban J connectivity index is 1.58. The number of nitrogens with one attached hydrogen (secondary N) is 1. The number of carbonyl (C=O) groups excluding carboxylic acids is 1. The van der Waals surface area contributed by atoms with Gasteiger partial charge >= 0.3 is 0 Å². The highest BCUT2D eigenvalue weighted by Crippen LogP contribution is 2.16. The van der Waals surface area contributed by atoms with E-state index >= 15 is 0 Å². The third kappa shape index (κ3) is 2.91. The number of halogens is 1. The smallest absolute Gasteiger partial charge is 0.261 e. The summed E-state index contributed by atoms with van der Waals surface area (Å²) in [5, 5.41) is 3.32. The van der Waals surface area contributed by atoms with E-state index in [4.69, 9.17) is 0 Å². The van der Waals surface area contributed by atoms with Crippen LogP contribution in [0.25, 0.3) is 10.9 Å². The Morgan fingerprint density at radius 3 is 2.80 bits per heavy atom. The predicted molar refractivity (Wildman–Crippen MR) is 91.9 cm³/mol. The SMILES string of the molecule is O=C(NCc1ccc(F)cc1)c1ccc2c(=O)n3c(nc2c1)CCC3. The Bertz CT molecular complexity index is 1030. The highest BCUT2D eigenvalue weighted by Gasteiger charge is 2.17. The number of hydrogen-bond acceptors (Lipinski definition) is 3. The first-order chi connectivity index (χ1) is 12.1. The number of carbonyl (C=O) groups is 1. The van der Waals surface area contributed by atoms with E-state index in [9.17, 15) is 14.0 Å². The van der Waals surface area contributed by atoms with Crippen molar-refractivity contribution >= 4 is 16.8 Å². The highest BCUT2D eigenvalue weighted by atomic mass is 19.1. The van der Waals surface area contributed by atoms with E-state index < -0.39 is 0 Å². The van der Waals surface area contributed by atoms with Crippen LogP contribution < -0.4 is 10.9 Å². The molecule has 1 N–H and O–H groups in total. The fourth-order valence-electron chi connectivity index (χ4n) is 3.11. The van der Waals surface area contributed by atoms with E-state index in [0.29, 0.717) is 29.6 Å². The van der Waals surface area contributed by atoms with Gasteiger partial charge in [0.25, 0.3) is 11.5 Å². The van der Waals surface area contributed by atoms with Crippen molar-refractivity contribution in [1.29, 1.82) is 0 Å². The molecule has 25 heavy (non-hydrogen) atoms. The van der Waals surface area contributed by atoms with Crippen molar-refractivity contribution in [2.75, 3.05) is 0 Å². The van der Waals surface area contributed by atoms with E-state index in [1.807, 2.05) is 0 Å². The topological polar surface area (TPSA) is 64.0 Å². The van der Waals surface area contributed by atoms with Crippen molar-refractivity contribution in [2.24, 2.45) is 0 Å². The van der Waals surface area contributed by atoms with Crippen molar-refractivity contribution in [2.45, 2.75) is 25.9 Å². The van der Waals surface area contributed by atoms with Crippen LogP contribution >= 0.6 is 0 Å². The van der Waals surface area contributed by atoms with Gasteiger partial charge in [-0.1, -0.05) is 12.1 Å². The van der Waals surface area contributed by atoms with Crippen LogP contribution in [-0.2, 0) is 19.5 Å². The van der Waals surface area contributed by atoms with Gasteiger partial charge in [0.05, 0.1) is 10.9 Å². The maximum atomic E-state index is 12.9. The number of nitrogens with zero attached hydrogens (tertiary/aromatic N) is 2. The third-order valence-corrected chi connectivity index (χ3v) is 4.44. The van der Waals surface area contributed by atoms with Gasteiger partial charge in [0.1, 0.15) is 11.6 Å². The normalized spacial score (nSPS) is 13.0. The first-order valence-corrected chi connectivity index (χ1v) is 8.18. The summed E-state index contributed by atoms with van der Waals surface area (Å²) < 4.78 is 14.6. The molecular formula is C19H16FN3O2. The van der Waals surface area contributed by atoms with Gasteiger partial charge in [-0.25, -0.2) is 9.37 Å². The molecule has 126 valence electrons. The largest absolute Gasteiger partial charge is 0.348 e. The Morgan fingerprint density at radius 1 is 1.20 bits per heavy atom. The molecule has 4 rings (SSSR count). The number of hydrogen-bond donors (Lipinski definition) is 1. The minimum Gasteiger partial charge on any atom is -0.348 e. The Morgan fingerprint density at radius 2 is 2.00 bits per heavy atom. The summed E-state index contributed by atoms with van der Waals surface area (Å²) in [5.74, 6) is 0.212. The highest BCUT2D eigenvalue weighted by molar-refractivity contribution is 5.97. The average Bonchev–Trinajstić information content (AvgIpc) is 3.09. The fourth-order valence-corrected chi connectivity index (χ4v) is 3.11. The molecule has 1 aliphatic rings. The number of amides is 1. The van der Waals surface area contributed by atoms with E-state index in [2.05, 4.69) is 10.3 Å². The van der Waals surface area contributed by atoms with E-state index in [1.54, 1.807) is 34.9 Å². The molecule has 0 bridgehead atoms. The predicted octanol–water partition coefficient (Wildman–Crippen LogP) is 2.41. The molecule has 2 heterocycles. The minimum atomic E-state index is -0.311. The maximum absolute atomic E-state index is 12.9. The molecule has 0 aliphatic carbocycles. The van der Waals surface area contributed by atoms with Crippen molar-refractivity contribution in [3.8, 4) is 0 Å². The lowest BCUT2D eigenvalue weighted by Crippen LogP contribution is -2.24. The monoisotopic (exact) mass is 337 g/mol. The van der Waals surface area contributed by atoms with Crippen molar-refractivity contribution in [1.82, 2.24) is 14.9 Å². The molecule has 0 saturated carbocycles. The summed E-state index contributed by atoms with van der Waals surface area (Å²) in [4.78, 5) is 29.3.